The normalized spacial score (nSPS) is 11.4. The molecule has 3 rings (SSSR count). The topological polar surface area (TPSA) is 25.2 Å². The molecule has 0 saturated heterocycles. The van der Waals surface area contributed by atoms with Gasteiger partial charge in [0, 0.05) is 35.3 Å². The Morgan fingerprint density at radius 2 is 1.60 bits per heavy atom. The van der Waals surface area contributed by atoms with E-state index in [0.29, 0.717) is 11.6 Å². The maximum atomic E-state index is 12.9. The molecular formula is C21H23ClN2O. The van der Waals surface area contributed by atoms with E-state index in [1.165, 1.54) is 0 Å². The van der Waals surface area contributed by atoms with Gasteiger partial charge in [-0.05, 0) is 42.2 Å². The molecule has 0 amide bonds. The van der Waals surface area contributed by atoms with Gasteiger partial charge in [-0.1, -0.05) is 55.8 Å². The summed E-state index contributed by atoms with van der Waals surface area (Å²) in [6, 6.07) is 15.6. The minimum absolute atomic E-state index is 0.0699. The first-order chi connectivity index (χ1) is 12.1. The third-order valence-electron chi connectivity index (χ3n) is 4.70. The highest BCUT2D eigenvalue weighted by Crippen LogP contribution is 2.27. The van der Waals surface area contributed by atoms with Crippen molar-refractivity contribution < 1.29 is 0 Å². The van der Waals surface area contributed by atoms with Crippen molar-refractivity contribution in [1.29, 1.82) is 0 Å². The Labute approximate surface area is 153 Å². The van der Waals surface area contributed by atoms with Gasteiger partial charge in [0.1, 0.15) is 0 Å². The van der Waals surface area contributed by atoms with Gasteiger partial charge in [-0.15, -0.1) is 0 Å². The van der Waals surface area contributed by atoms with Gasteiger partial charge in [-0.25, -0.2) is 0 Å². The van der Waals surface area contributed by atoms with E-state index in [4.69, 9.17) is 11.6 Å². The minimum Gasteiger partial charge on any atom is -0.313 e. The Morgan fingerprint density at radius 3 is 2.24 bits per heavy atom. The predicted molar refractivity (Wildman–Crippen MR) is 106 cm³/mol. The second-order valence-corrected chi connectivity index (χ2v) is 6.56. The van der Waals surface area contributed by atoms with E-state index < -0.39 is 0 Å². The molecule has 1 heterocycles. The van der Waals surface area contributed by atoms with Crippen molar-refractivity contribution in [2.24, 2.45) is 0 Å². The molecule has 1 aromatic heterocycles. The highest BCUT2D eigenvalue weighted by Gasteiger charge is 2.11. The van der Waals surface area contributed by atoms with Crippen molar-refractivity contribution in [2.75, 3.05) is 19.6 Å². The molecule has 3 aromatic rings. The molecule has 130 valence electrons. The van der Waals surface area contributed by atoms with Gasteiger partial charge in [0.15, 0.2) is 0 Å². The zero-order valence-corrected chi connectivity index (χ0v) is 15.5. The maximum Gasteiger partial charge on any atom is 0.258 e. The van der Waals surface area contributed by atoms with Crippen LogP contribution in [0.2, 0.25) is 5.02 Å². The number of benzene rings is 2. The third-order valence-corrected chi connectivity index (χ3v) is 4.95. The van der Waals surface area contributed by atoms with Crippen LogP contribution in [-0.4, -0.2) is 29.1 Å². The molecule has 0 aliphatic heterocycles. The SMILES string of the molecule is CCN(CC)CCn1cc(-c2ccc(Cl)cc2)c2ccccc2c1=O. The quantitative estimate of drug-likeness (QED) is 0.643. The molecule has 0 radical (unpaired) electrons. The van der Waals surface area contributed by atoms with Crippen LogP contribution in [0.5, 0.6) is 0 Å². The van der Waals surface area contributed by atoms with Crippen LogP contribution in [0.15, 0.2) is 59.5 Å². The largest absolute Gasteiger partial charge is 0.313 e. The Balaban J connectivity index is 2.11. The van der Waals surface area contributed by atoms with E-state index in [1.807, 2.05) is 59.3 Å². The van der Waals surface area contributed by atoms with Gasteiger partial charge in [-0.2, -0.15) is 0 Å². The first-order valence-corrected chi connectivity index (χ1v) is 9.12. The van der Waals surface area contributed by atoms with E-state index in [2.05, 4.69) is 18.7 Å². The van der Waals surface area contributed by atoms with Crippen LogP contribution in [0, 0.1) is 0 Å². The highest BCUT2D eigenvalue weighted by molar-refractivity contribution is 6.30. The molecule has 0 aliphatic rings. The summed E-state index contributed by atoms with van der Waals surface area (Å²) in [5, 5.41) is 2.45. The third kappa shape index (κ3) is 3.78. The molecule has 25 heavy (non-hydrogen) atoms. The molecule has 0 spiro atoms. The number of halogens is 1. The number of nitrogens with zero attached hydrogens (tertiary/aromatic N) is 2. The second kappa shape index (κ2) is 7.85. The van der Waals surface area contributed by atoms with E-state index >= 15 is 0 Å². The van der Waals surface area contributed by atoms with Crippen molar-refractivity contribution in [3.05, 3.63) is 70.1 Å². The molecule has 0 N–H and O–H groups in total. The van der Waals surface area contributed by atoms with E-state index in [-0.39, 0.29) is 5.56 Å². The second-order valence-electron chi connectivity index (χ2n) is 6.12. The maximum absolute atomic E-state index is 12.9. The lowest BCUT2D eigenvalue weighted by Gasteiger charge is -2.19. The number of hydrogen-bond acceptors (Lipinski definition) is 2. The zero-order chi connectivity index (χ0) is 17.8. The lowest BCUT2D eigenvalue weighted by atomic mass is 10.0. The van der Waals surface area contributed by atoms with Crippen LogP contribution < -0.4 is 5.56 Å². The number of likely N-dealkylation sites (N-methyl/N-ethyl adjacent to an activating group) is 1. The Bertz CT molecular complexity index is 911. The molecular weight excluding hydrogens is 332 g/mol. The number of fused-ring (bicyclic) bond motifs is 1. The van der Waals surface area contributed by atoms with Crippen molar-refractivity contribution in [3.8, 4) is 11.1 Å². The van der Waals surface area contributed by atoms with Crippen LogP contribution in [0.4, 0.5) is 0 Å². The molecule has 0 aliphatic carbocycles. The van der Waals surface area contributed by atoms with Crippen LogP contribution in [-0.2, 0) is 6.54 Å². The van der Waals surface area contributed by atoms with Crippen molar-refractivity contribution in [1.82, 2.24) is 9.47 Å². The van der Waals surface area contributed by atoms with E-state index in [1.54, 1.807) is 0 Å². The molecule has 0 bridgehead atoms. The standard InChI is InChI=1S/C21H23ClN2O/c1-3-23(4-2)13-14-24-15-20(16-9-11-17(22)12-10-16)18-7-5-6-8-19(18)21(24)25/h5-12,15H,3-4,13-14H2,1-2H3. The van der Waals surface area contributed by atoms with Crippen LogP contribution >= 0.6 is 11.6 Å². The summed E-state index contributed by atoms with van der Waals surface area (Å²) in [4.78, 5) is 15.2. The van der Waals surface area contributed by atoms with Gasteiger partial charge >= 0.3 is 0 Å². The van der Waals surface area contributed by atoms with Gasteiger partial charge in [-0.3, -0.25) is 4.79 Å². The number of aromatic nitrogens is 1. The van der Waals surface area contributed by atoms with Crippen LogP contribution in [0.1, 0.15) is 13.8 Å². The van der Waals surface area contributed by atoms with E-state index in [0.717, 1.165) is 41.5 Å². The lowest BCUT2D eigenvalue weighted by Crippen LogP contribution is -2.30. The Morgan fingerprint density at radius 1 is 0.960 bits per heavy atom. The summed E-state index contributed by atoms with van der Waals surface area (Å²) in [6.07, 6.45) is 1.98. The number of pyridine rings is 1. The minimum atomic E-state index is 0.0699. The zero-order valence-electron chi connectivity index (χ0n) is 14.7. The van der Waals surface area contributed by atoms with Crippen LogP contribution in [0.3, 0.4) is 0 Å². The summed E-state index contributed by atoms with van der Waals surface area (Å²) in [6.45, 7) is 7.82. The summed E-state index contributed by atoms with van der Waals surface area (Å²) in [7, 11) is 0. The fraction of sp³-hybridized carbons (Fsp3) is 0.286. The predicted octanol–water partition coefficient (Wildman–Crippen LogP) is 4.66. The van der Waals surface area contributed by atoms with Crippen molar-refractivity contribution in [2.45, 2.75) is 20.4 Å². The molecule has 3 nitrogen and oxygen atoms in total. The Kier molecular flexibility index (Phi) is 5.57. The molecule has 0 saturated carbocycles. The molecule has 0 unspecified atom stereocenters. The summed E-state index contributed by atoms with van der Waals surface area (Å²) in [5.41, 5.74) is 2.20. The first kappa shape index (κ1) is 17.7. The lowest BCUT2D eigenvalue weighted by molar-refractivity contribution is 0.289. The van der Waals surface area contributed by atoms with Crippen molar-refractivity contribution >= 4 is 22.4 Å². The summed E-state index contributed by atoms with van der Waals surface area (Å²) >= 11 is 6.03. The summed E-state index contributed by atoms with van der Waals surface area (Å²) < 4.78 is 1.84. The fourth-order valence-electron chi connectivity index (χ4n) is 3.16. The van der Waals surface area contributed by atoms with E-state index in [9.17, 15) is 4.79 Å². The van der Waals surface area contributed by atoms with Gasteiger partial charge in [0.25, 0.3) is 5.56 Å². The molecule has 4 heteroatoms. The van der Waals surface area contributed by atoms with Crippen molar-refractivity contribution in [3.63, 3.8) is 0 Å². The number of rotatable bonds is 6. The monoisotopic (exact) mass is 354 g/mol. The average Bonchev–Trinajstić information content (AvgIpc) is 2.65. The highest BCUT2D eigenvalue weighted by atomic mass is 35.5. The first-order valence-electron chi connectivity index (χ1n) is 8.74. The number of hydrogen-bond donors (Lipinski definition) is 0. The molecule has 2 aromatic carbocycles. The smallest absolute Gasteiger partial charge is 0.258 e. The van der Waals surface area contributed by atoms with Crippen LogP contribution in [0.25, 0.3) is 21.9 Å². The Hall–Kier alpha value is -2.10. The average molecular weight is 355 g/mol. The van der Waals surface area contributed by atoms with Gasteiger partial charge in [0.05, 0.1) is 0 Å². The fourth-order valence-corrected chi connectivity index (χ4v) is 3.28. The van der Waals surface area contributed by atoms with Gasteiger partial charge in [0.2, 0.25) is 0 Å². The van der Waals surface area contributed by atoms with Gasteiger partial charge < -0.3 is 9.47 Å². The molecule has 0 fully saturated rings. The summed E-state index contributed by atoms with van der Waals surface area (Å²) in [5.74, 6) is 0. The molecule has 0 atom stereocenters.